The topological polar surface area (TPSA) is 120 Å². The Labute approximate surface area is 252 Å². The Bertz CT molecular complexity index is 899. The molecular formula is C33H40O6Sn. The minimum Gasteiger partial charge on any atom is -0.545 e. The number of carboxylic acids is 3. The van der Waals surface area contributed by atoms with Crippen molar-refractivity contribution < 1.29 is 29.7 Å². The molecule has 0 aromatic heterocycles. The van der Waals surface area contributed by atoms with E-state index in [0.29, 0.717) is 0 Å². The molecule has 0 saturated carbocycles. The van der Waals surface area contributed by atoms with Gasteiger partial charge in [-0.3, -0.25) is 0 Å². The average Bonchev–Trinajstić information content (AvgIpc) is 2.99. The number of benzene rings is 3. The normalized spacial score (nSPS) is 9.47. The number of hydrogen-bond donors (Lipinski definition) is 0. The molecule has 0 unspecified atom stereocenters. The van der Waals surface area contributed by atoms with Gasteiger partial charge < -0.3 is 29.7 Å². The summed E-state index contributed by atoms with van der Waals surface area (Å²) in [5, 5.41) is 30.3. The van der Waals surface area contributed by atoms with E-state index in [1.54, 1.807) is 77.1 Å². The van der Waals surface area contributed by atoms with Gasteiger partial charge in [0.2, 0.25) is 0 Å². The van der Waals surface area contributed by atoms with Crippen LogP contribution in [0.4, 0.5) is 0 Å². The number of carboxylic acid groups (broad SMARTS) is 3. The van der Waals surface area contributed by atoms with Gasteiger partial charge in [-0.15, -0.1) is 0 Å². The molecule has 3 aromatic rings. The molecule has 0 aliphatic rings. The number of rotatable bonds is 13. The molecule has 212 valence electrons. The molecule has 0 amide bonds. The SMILES string of the molecule is CCCCCCCCCCC[CH2][Sn+3].O=C([O-])c1ccccc1.O=C([O-])c1ccccc1.O=C([O-])c1ccccc1. The zero-order valence-corrected chi connectivity index (χ0v) is 26.2. The maximum absolute atomic E-state index is 10.1. The molecule has 6 nitrogen and oxygen atoms in total. The zero-order valence-electron chi connectivity index (χ0n) is 23.4. The molecule has 0 radical (unpaired) electrons. The van der Waals surface area contributed by atoms with Gasteiger partial charge in [0, 0.05) is 0 Å². The summed E-state index contributed by atoms with van der Waals surface area (Å²) < 4.78 is 1.46. The van der Waals surface area contributed by atoms with E-state index in [1.165, 1.54) is 105 Å². The van der Waals surface area contributed by atoms with Gasteiger partial charge in [-0.05, 0) is 16.7 Å². The molecule has 0 bridgehead atoms. The molecule has 3 rings (SSSR count). The van der Waals surface area contributed by atoms with E-state index in [-0.39, 0.29) is 16.7 Å². The Morgan fingerprint density at radius 1 is 0.475 bits per heavy atom. The van der Waals surface area contributed by atoms with Gasteiger partial charge in [-0.2, -0.15) is 0 Å². The summed E-state index contributed by atoms with van der Waals surface area (Å²) in [6.45, 7) is 2.28. The van der Waals surface area contributed by atoms with Crippen molar-refractivity contribution in [2.24, 2.45) is 0 Å². The first kappa shape index (κ1) is 36.9. The Hall–Kier alpha value is -3.13. The molecule has 3 aromatic carbocycles. The predicted molar refractivity (Wildman–Crippen MR) is 155 cm³/mol. The number of carbonyl (C=O) groups excluding carboxylic acids is 3. The Morgan fingerprint density at radius 2 is 0.725 bits per heavy atom. The maximum atomic E-state index is 10.1. The van der Waals surface area contributed by atoms with Crippen molar-refractivity contribution in [1.82, 2.24) is 0 Å². The van der Waals surface area contributed by atoms with E-state index in [4.69, 9.17) is 0 Å². The predicted octanol–water partition coefficient (Wildman–Crippen LogP) is 4.64. The molecule has 7 heteroatoms. The number of carbonyl (C=O) groups is 3. The van der Waals surface area contributed by atoms with E-state index in [1.807, 2.05) is 0 Å². The molecule has 0 fully saturated rings. The van der Waals surface area contributed by atoms with Gasteiger partial charge in [-0.25, -0.2) is 0 Å². The van der Waals surface area contributed by atoms with Crippen LogP contribution in [0.15, 0.2) is 91.0 Å². The second kappa shape index (κ2) is 26.1. The van der Waals surface area contributed by atoms with Crippen molar-refractivity contribution in [3.63, 3.8) is 0 Å². The molecule has 0 atom stereocenters. The quantitative estimate of drug-likeness (QED) is 0.196. The number of aromatic carboxylic acids is 3. The Kier molecular flexibility index (Phi) is 24.1. The Morgan fingerprint density at radius 3 is 0.925 bits per heavy atom. The maximum Gasteiger partial charge on any atom is 0.0715 e. The van der Waals surface area contributed by atoms with Crippen molar-refractivity contribution >= 4 is 40.4 Å². The van der Waals surface area contributed by atoms with Crippen LogP contribution >= 0.6 is 0 Å². The van der Waals surface area contributed by atoms with Crippen molar-refractivity contribution in [3.8, 4) is 0 Å². The van der Waals surface area contributed by atoms with Gasteiger partial charge in [-0.1, -0.05) is 91.0 Å². The summed E-state index contributed by atoms with van der Waals surface area (Å²) >= 11 is 1.72. The van der Waals surface area contributed by atoms with Crippen molar-refractivity contribution in [2.75, 3.05) is 0 Å². The third kappa shape index (κ3) is 21.8. The van der Waals surface area contributed by atoms with E-state index >= 15 is 0 Å². The fourth-order valence-electron chi connectivity index (χ4n) is 3.34. The monoisotopic (exact) mass is 652 g/mol. The van der Waals surface area contributed by atoms with E-state index in [9.17, 15) is 29.7 Å². The Balaban J connectivity index is 0.000000513. The third-order valence-corrected chi connectivity index (χ3v) is 6.57. The smallest absolute Gasteiger partial charge is 0.0715 e. The molecule has 0 heterocycles. The fourth-order valence-corrected chi connectivity index (χ4v) is 4.05. The van der Waals surface area contributed by atoms with Gasteiger partial charge in [0.25, 0.3) is 0 Å². The molecule has 0 spiro atoms. The zero-order chi connectivity index (χ0) is 29.8. The third-order valence-electron chi connectivity index (χ3n) is 5.56. The molecule has 0 saturated heterocycles. The number of unbranched alkanes of at least 4 members (excludes halogenated alkanes) is 9. The van der Waals surface area contributed by atoms with E-state index < -0.39 is 17.9 Å². The van der Waals surface area contributed by atoms with Crippen LogP contribution in [0.25, 0.3) is 0 Å². The first-order valence-electron chi connectivity index (χ1n) is 13.8. The van der Waals surface area contributed by atoms with Crippen LogP contribution in [0.1, 0.15) is 102 Å². The van der Waals surface area contributed by atoms with Gasteiger partial charge >= 0.3 is 98.1 Å². The van der Waals surface area contributed by atoms with Crippen LogP contribution < -0.4 is 15.3 Å². The van der Waals surface area contributed by atoms with Crippen molar-refractivity contribution in [1.29, 1.82) is 0 Å². The van der Waals surface area contributed by atoms with Crippen LogP contribution in [0.2, 0.25) is 4.44 Å². The van der Waals surface area contributed by atoms with E-state index in [0.717, 1.165) is 0 Å². The largest absolute Gasteiger partial charge is 0.545 e. The van der Waals surface area contributed by atoms with E-state index in [2.05, 4.69) is 6.92 Å². The molecule has 0 aliphatic heterocycles. The molecule has 0 N–H and O–H groups in total. The summed E-state index contributed by atoms with van der Waals surface area (Å²) in [4.78, 5) is 30.3. The summed E-state index contributed by atoms with van der Waals surface area (Å²) in [6, 6.07) is 24.2. The summed E-state index contributed by atoms with van der Waals surface area (Å²) in [7, 11) is 0. The minimum atomic E-state index is -1.13. The first-order chi connectivity index (χ1) is 19.3. The second-order valence-corrected chi connectivity index (χ2v) is 10.3. The van der Waals surface area contributed by atoms with Gasteiger partial charge in [0.1, 0.15) is 0 Å². The standard InChI is InChI=1S/C12H25.3C7H6O2.Sn/c1-3-5-7-9-11-12-10-8-6-4-2;3*8-7(9)6-4-2-1-3-5-6;/h1,3-12H2,2H3;3*1-5H,(H,8,9);/q;;;;+3/p-3. The first-order valence-corrected chi connectivity index (χ1v) is 15.8. The van der Waals surface area contributed by atoms with Crippen LogP contribution in [0, 0.1) is 0 Å². The summed E-state index contributed by atoms with van der Waals surface area (Å²) in [5.74, 6) is -3.39. The van der Waals surface area contributed by atoms with Crippen molar-refractivity contribution in [3.05, 3.63) is 108 Å². The summed E-state index contributed by atoms with van der Waals surface area (Å²) in [6.07, 6.45) is 14.7. The van der Waals surface area contributed by atoms with Crippen molar-refractivity contribution in [2.45, 2.75) is 75.6 Å². The van der Waals surface area contributed by atoms with Gasteiger partial charge in [0.05, 0.1) is 17.9 Å². The van der Waals surface area contributed by atoms with Crippen LogP contribution in [0.3, 0.4) is 0 Å². The second-order valence-electron chi connectivity index (χ2n) is 8.89. The van der Waals surface area contributed by atoms with Gasteiger partial charge in [0.15, 0.2) is 0 Å². The van der Waals surface area contributed by atoms with Crippen LogP contribution in [0.5, 0.6) is 0 Å². The molecular weight excluding hydrogens is 611 g/mol. The minimum absolute atomic E-state index is 0.220. The van der Waals surface area contributed by atoms with Crippen LogP contribution in [-0.4, -0.2) is 40.4 Å². The summed E-state index contributed by atoms with van der Waals surface area (Å²) in [5.41, 5.74) is 0.660. The molecule has 40 heavy (non-hydrogen) atoms. The fraction of sp³-hybridized carbons (Fsp3) is 0.364. The average molecular weight is 651 g/mol. The molecule has 0 aliphatic carbocycles. The van der Waals surface area contributed by atoms with Crippen LogP contribution in [-0.2, 0) is 0 Å². The number of hydrogen-bond acceptors (Lipinski definition) is 6.